The van der Waals surface area contributed by atoms with Gasteiger partial charge in [0.2, 0.25) is 0 Å². The number of hydrogen-bond donors (Lipinski definition) is 1. The fourth-order valence-electron chi connectivity index (χ4n) is 3.74. The van der Waals surface area contributed by atoms with E-state index in [1.54, 1.807) is 0 Å². The molecule has 0 aliphatic rings. The Morgan fingerprint density at radius 3 is 2.03 bits per heavy atom. The van der Waals surface area contributed by atoms with Crippen LogP contribution in [0.1, 0.15) is 89.2 Å². The van der Waals surface area contributed by atoms with E-state index in [4.69, 9.17) is 4.42 Å². The van der Waals surface area contributed by atoms with Crippen molar-refractivity contribution in [3.63, 3.8) is 0 Å². The molecule has 0 radical (unpaired) electrons. The van der Waals surface area contributed by atoms with Crippen LogP contribution in [0.25, 0.3) is 0 Å². The molecule has 0 fully saturated rings. The number of phenolic OH excluding ortho intramolecular Hbond substituents is 1. The molecule has 0 aliphatic heterocycles. The first-order chi connectivity index (χ1) is 13.7. The highest BCUT2D eigenvalue weighted by atomic mass is 16.3. The molecule has 0 aliphatic carbocycles. The lowest BCUT2D eigenvalue weighted by Gasteiger charge is -2.17. The molecule has 0 saturated heterocycles. The first-order valence-electron chi connectivity index (χ1n) is 10.2. The molecule has 1 heterocycles. The summed E-state index contributed by atoms with van der Waals surface area (Å²) in [6.07, 6.45) is 0.572. The van der Waals surface area contributed by atoms with Crippen molar-refractivity contribution in [3.8, 4) is 5.75 Å². The van der Waals surface area contributed by atoms with Crippen LogP contribution in [0.15, 0.2) is 46.9 Å². The van der Waals surface area contributed by atoms with Gasteiger partial charge in [-0.25, -0.2) is 0 Å². The minimum absolute atomic E-state index is 0.0471. The van der Waals surface area contributed by atoms with E-state index < -0.39 is 0 Å². The number of phenols is 1. The lowest BCUT2D eigenvalue weighted by Crippen LogP contribution is -2.08. The largest absolute Gasteiger partial charge is 0.507 e. The molecule has 0 atom stereocenters. The van der Waals surface area contributed by atoms with Crippen molar-refractivity contribution in [2.24, 2.45) is 0 Å². The molecule has 3 aromatic rings. The SMILES string of the molecule is Cc1oc(Cc2ccccc2)c(C(=O)c2cc(C(C)C)c(O)c(C(C)C)c2)c1C. The van der Waals surface area contributed by atoms with Crippen LogP contribution in [0, 0.1) is 13.8 Å². The van der Waals surface area contributed by atoms with Gasteiger partial charge in [0.05, 0.1) is 5.56 Å². The summed E-state index contributed by atoms with van der Waals surface area (Å²) in [4.78, 5) is 13.6. The molecule has 3 heteroatoms. The van der Waals surface area contributed by atoms with Crippen LogP contribution >= 0.6 is 0 Å². The van der Waals surface area contributed by atoms with Crippen LogP contribution in [0.5, 0.6) is 5.75 Å². The van der Waals surface area contributed by atoms with E-state index in [1.165, 1.54) is 0 Å². The highest BCUT2D eigenvalue weighted by molar-refractivity contribution is 6.11. The third-order valence-corrected chi connectivity index (χ3v) is 5.57. The van der Waals surface area contributed by atoms with Gasteiger partial charge in [0, 0.05) is 17.5 Å². The van der Waals surface area contributed by atoms with E-state index in [0.717, 1.165) is 28.0 Å². The van der Waals surface area contributed by atoms with Gasteiger partial charge >= 0.3 is 0 Å². The smallest absolute Gasteiger partial charge is 0.196 e. The van der Waals surface area contributed by atoms with Gasteiger partial charge in [-0.1, -0.05) is 58.0 Å². The van der Waals surface area contributed by atoms with Crippen molar-refractivity contribution in [3.05, 3.63) is 87.4 Å². The second kappa shape index (κ2) is 8.28. The Morgan fingerprint density at radius 2 is 1.52 bits per heavy atom. The van der Waals surface area contributed by atoms with E-state index in [0.29, 0.717) is 29.1 Å². The predicted octanol–water partition coefficient (Wildman–Crippen LogP) is 6.67. The fraction of sp³-hybridized carbons (Fsp3) is 0.346. The number of aryl methyl sites for hydroxylation is 1. The normalized spacial score (nSPS) is 11.4. The molecule has 2 aromatic carbocycles. The number of benzene rings is 2. The van der Waals surface area contributed by atoms with E-state index in [1.807, 2.05) is 84.0 Å². The number of carbonyl (C=O) groups excluding carboxylic acids is 1. The zero-order valence-electron chi connectivity index (χ0n) is 18.2. The molecule has 3 nitrogen and oxygen atoms in total. The standard InChI is InChI=1S/C26H30O3/c1-15(2)21-13-20(14-22(16(3)4)26(21)28)25(27)24-17(5)18(6)29-23(24)12-19-10-8-7-9-11-19/h7-11,13-16,28H,12H2,1-6H3. The maximum Gasteiger partial charge on any atom is 0.196 e. The van der Waals surface area contributed by atoms with E-state index in [9.17, 15) is 9.90 Å². The average molecular weight is 391 g/mol. The van der Waals surface area contributed by atoms with Gasteiger partial charge in [-0.3, -0.25) is 4.79 Å². The zero-order chi connectivity index (χ0) is 21.3. The molecule has 152 valence electrons. The minimum atomic E-state index is -0.0471. The van der Waals surface area contributed by atoms with Crippen molar-refractivity contribution in [1.29, 1.82) is 0 Å². The van der Waals surface area contributed by atoms with E-state index in [2.05, 4.69) is 0 Å². The Hall–Kier alpha value is -2.81. The second-order valence-corrected chi connectivity index (χ2v) is 8.39. The lowest BCUT2D eigenvalue weighted by atomic mass is 9.88. The van der Waals surface area contributed by atoms with Gasteiger partial charge < -0.3 is 9.52 Å². The van der Waals surface area contributed by atoms with Gasteiger partial charge in [0.1, 0.15) is 17.3 Å². The molecule has 0 unspecified atom stereocenters. The average Bonchev–Trinajstić information content (AvgIpc) is 2.95. The van der Waals surface area contributed by atoms with Crippen LogP contribution in [-0.2, 0) is 6.42 Å². The zero-order valence-corrected chi connectivity index (χ0v) is 18.2. The maximum absolute atomic E-state index is 13.6. The first-order valence-corrected chi connectivity index (χ1v) is 10.2. The summed E-state index contributed by atoms with van der Waals surface area (Å²) in [5, 5.41) is 10.7. The second-order valence-electron chi connectivity index (χ2n) is 8.39. The van der Waals surface area contributed by atoms with Crippen molar-refractivity contribution in [1.82, 2.24) is 0 Å². The lowest BCUT2D eigenvalue weighted by molar-refractivity contribution is 0.103. The van der Waals surface area contributed by atoms with Crippen LogP contribution in [0.2, 0.25) is 0 Å². The molecule has 29 heavy (non-hydrogen) atoms. The highest BCUT2D eigenvalue weighted by Crippen LogP contribution is 2.36. The third-order valence-electron chi connectivity index (χ3n) is 5.57. The third kappa shape index (κ3) is 4.14. The number of ketones is 1. The fourth-order valence-corrected chi connectivity index (χ4v) is 3.74. The van der Waals surface area contributed by atoms with Crippen molar-refractivity contribution in [2.75, 3.05) is 0 Å². The van der Waals surface area contributed by atoms with Gasteiger partial charge in [-0.05, 0) is 54.5 Å². The van der Waals surface area contributed by atoms with Crippen LogP contribution in [-0.4, -0.2) is 10.9 Å². The summed E-state index contributed by atoms with van der Waals surface area (Å²) in [6, 6.07) is 13.7. The van der Waals surface area contributed by atoms with Gasteiger partial charge in [-0.2, -0.15) is 0 Å². The van der Waals surface area contributed by atoms with Crippen LogP contribution < -0.4 is 0 Å². The predicted molar refractivity (Wildman–Crippen MR) is 117 cm³/mol. The Labute approximate surface area is 173 Å². The summed E-state index contributed by atoms with van der Waals surface area (Å²) in [7, 11) is 0. The first kappa shape index (κ1) is 20.9. The molecule has 1 N–H and O–H groups in total. The van der Waals surface area contributed by atoms with Crippen LogP contribution in [0.4, 0.5) is 0 Å². The Kier molecular flexibility index (Phi) is 5.97. The molecule has 0 bridgehead atoms. The Bertz CT molecular complexity index is 995. The number of aromatic hydroxyl groups is 1. The highest BCUT2D eigenvalue weighted by Gasteiger charge is 2.25. The van der Waals surface area contributed by atoms with Gasteiger partial charge in [0.15, 0.2) is 5.78 Å². The monoisotopic (exact) mass is 390 g/mol. The maximum atomic E-state index is 13.6. The van der Waals surface area contributed by atoms with Crippen molar-refractivity contribution in [2.45, 2.75) is 59.8 Å². The molecule has 0 saturated carbocycles. The number of hydrogen-bond acceptors (Lipinski definition) is 3. The molecular weight excluding hydrogens is 360 g/mol. The number of carbonyl (C=O) groups is 1. The molecular formula is C26H30O3. The Morgan fingerprint density at radius 1 is 0.966 bits per heavy atom. The topological polar surface area (TPSA) is 50.4 Å². The summed E-state index contributed by atoms with van der Waals surface area (Å²) in [5.41, 5.74) is 4.84. The van der Waals surface area contributed by atoms with Crippen molar-refractivity contribution < 1.29 is 14.3 Å². The summed E-state index contributed by atoms with van der Waals surface area (Å²) in [6.45, 7) is 12.0. The molecule has 0 amide bonds. The number of rotatable bonds is 6. The molecule has 3 rings (SSSR count). The van der Waals surface area contributed by atoms with E-state index >= 15 is 0 Å². The molecule has 0 spiro atoms. The van der Waals surface area contributed by atoms with Gasteiger partial charge in [0.25, 0.3) is 0 Å². The number of furan rings is 1. The minimum Gasteiger partial charge on any atom is -0.507 e. The summed E-state index contributed by atoms with van der Waals surface area (Å²) < 4.78 is 6.00. The van der Waals surface area contributed by atoms with Gasteiger partial charge in [-0.15, -0.1) is 0 Å². The van der Waals surface area contributed by atoms with Crippen molar-refractivity contribution >= 4 is 5.78 Å². The quantitative estimate of drug-likeness (QED) is 0.478. The van der Waals surface area contributed by atoms with E-state index in [-0.39, 0.29) is 17.6 Å². The summed E-state index contributed by atoms with van der Waals surface area (Å²) in [5.74, 6) is 1.96. The molecule has 1 aromatic heterocycles. The summed E-state index contributed by atoms with van der Waals surface area (Å²) >= 11 is 0. The Balaban J connectivity index is 2.12. The van der Waals surface area contributed by atoms with Crippen LogP contribution in [0.3, 0.4) is 0 Å².